The molecule has 0 aliphatic heterocycles. The SMILES string of the molecule is C[C@H](Sc1nnc(-c2ccc(F)cc2)n1N)C(=O)Nc1cccc2ccccc12. The molecule has 1 atom stereocenters. The molecule has 0 bridgehead atoms. The van der Waals surface area contributed by atoms with E-state index in [0.717, 1.165) is 16.5 Å². The number of amides is 1. The average molecular weight is 407 g/mol. The van der Waals surface area contributed by atoms with Gasteiger partial charge in [0.15, 0.2) is 5.82 Å². The molecule has 0 aliphatic rings. The van der Waals surface area contributed by atoms with Crippen molar-refractivity contribution in [3.05, 3.63) is 72.5 Å². The highest BCUT2D eigenvalue weighted by molar-refractivity contribution is 8.00. The van der Waals surface area contributed by atoms with Gasteiger partial charge in [0, 0.05) is 16.6 Å². The highest BCUT2D eigenvalue weighted by Gasteiger charge is 2.20. The van der Waals surface area contributed by atoms with Gasteiger partial charge in [-0.25, -0.2) is 9.07 Å². The van der Waals surface area contributed by atoms with Crippen LogP contribution < -0.4 is 11.2 Å². The predicted molar refractivity (Wildman–Crippen MR) is 113 cm³/mol. The van der Waals surface area contributed by atoms with Gasteiger partial charge in [0.1, 0.15) is 5.82 Å². The van der Waals surface area contributed by atoms with Gasteiger partial charge >= 0.3 is 0 Å². The highest BCUT2D eigenvalue weighted by atomic mass is 32.2. The molecule has 1 aromatic heterocycles. The molecule has 146 valence electrons. The Kier molecular flexibility index (Phi) is 5.18. The quantitative estimate of drug-likeness (QED) is 0.385. The van der Waals surface area contributed by atoms with Crippen LogP contribution in [0.25, 0.3) is 22.2 Å². The van der Waals surface area contributed by atoms with Gasteiger partial charge < -0.3 is 11.2 Å². The van der Waals surface area contributed by atoms with E-state index in [1.807, 2.05) is 42.5 Å². The number of thioether (sulfide) groups is 1. The summed E-state index contributed by atoms with van der Waals surface area (Å²) in [5.74, 6) is 5.98. The maximum absolute atomic E-state index is 13.1. The molecule has 0 spiro atoms. The zero-order valence-electron chi connectivity index (χ0n) is 15.5. The van der Waals surface area contributed by atoms with Crippen LogP contribution in [0.4, 0.5) is 10.1 Å². The van der Waals surface area contributed by atoms with Crippen molar-refractivity contribution < 1.29 is 9.18 Å². The molecule has 0 fully saturated rings. The molecule has 0 unspecified atom stereocenters. The second-order valence-corrected chi connectivity index (χ2v) is 7.77. The van der Waals surface area contributed by atoms with Crippen LogP contribution in [0.1, 0.15) is 6.92 Å². The Hall–Kier alpha value is -3.39. The Balaban J connectivity index is 1.50. The molecule has 3 aromatic carbocycles. The van der Waals surface area contributed by atoms with Gasteiger partial charge in [0.2, 0.25) is 11.1 Å². The minimum absolute atomic E-state index is 0.169. The average Bonchev–Trinajstić information content (AvgIpc) is 3.09. The summed E-state index contributed by atoms with van der Waals surface area (Å²) >= 11 is 1.20. The summed E-state index contributed by atoms with van der Waals surface area (Å²) in [6.07, 6.45) is 0. The fourth-order valence-corrected chi connectivity index (χ4v) is 3.70. The first-order valence-electron chi connectivity index (χ1n) is 8.94. The molecular formula is C21H18FN5OS. The third kappa shape index (κ3) is 3.93. The first kappa shape index (κ1) is 18.9. The topological polar surface area (TPSA) is 85.8 Å². The first-order valence-corrected chi connectivity index (χ1v) is 9.82. The Morgan fingerprint density at radius 3 is 2.59 bits per heavy atom. The van der Waals surface area contributed by atoms with Crippen LogP contribution in [0, 0.1) is 5.82 Å². The van der Waals surface area contributed by atoms with Crippen molar-refractivity contribution in [3.63, 3.8) is 0 Å². The summed E-state index contributed by atoms with van der Waals surface area (Å²) < 4.78 is 14.4. The van der Waals surface area contributed by atoms with E-state index in [4.69, 9.17) is 5.84 Å². The lowest BCUT2D eigenvalue weighted by molar-refractivity contribution is -0.115. The molecule has 29 heavy (non-hydrogen) atoms. The fraction of sp³-hybridized carbons (Fsp3) is 0.0952. The van der Waals surface area contributed by atoms with Crippen LogP contribution in [0.15, 0.2) is 71.9 Å². The number of nitrogens with two attached hydrogens (primary N) is 1. The zero-order valence-corrected chi connectivity index (χ0v) is 16.4. The Bertz CT molecular complexity index is 1170. The summed E-state index contributed by atoms with van der Waals surface area (Å²) in [6, 6.07) is 19.4. The number of anilines is 1. The lowest BCUT2D eigenvalue weighted by Gasteiger charge is -2.13. The van der Waals surface area contributed by atoms with E-state index in [1.54, 1.807) is 19.1 Å². The Labute approximate surface area is 170 Å². The number of hydrogen-bond acceptors (Lipinski definition) is 5. The lowest BCUT2D eigenvalue weighted by Crippen LogP contribution is -2.23. The number of aromatic nitrogens is 3. The molecule has 1 heterocycles. The number of nitrogens with zero attached hydrogens (tertiary/aromatic N) is 3. The number of nitrogens with one attached hydrogen (secondary N) is 1. The highest BCUT2D eigenvalue weighted by Crippen LogP contribution is 2.27. The number of rotatable bonds is 5. The Morgan fingerprint density at radius 2 is 1.79 bits per heavy atom. The standard InChI is InChI=1S/C21H18FN5OS/c1-13(20(28)24-18-8-4-6-14-5-2-3-7-17(14)18)29-21-26-25-19(27(21)23)15-9-11-16(22)12-10-15/h2-13H,23H2,1H3,(H,24,28)/t13-/m0/s1. The summed E-state index contributed by atoms with van der Waals surface area (Å²) in [5, 5.41) is 13.1. The number of fused-ring (bicyclic) bond motifs is 1. The van der Waals surface area contributed by atoms with Crippen LogP contribution in [0.5, 0.6) is 0 Å². The van der Waals surface area contributed by atoms with Crippen molar-refractivity contribution in [2.45, 2.75) is 17.3 Å². The normalized spacial score (nSPS) is 12.1. The number of hydrogen-bond donors (Lipinski definition) is 2. The molecule has 0 saturated carbocycles. The van der Waals surface area contributed by atoms with Crippen LogP contribution >= 0.6 is 11.8 Å². The van der Waals surface area contributed by atoms with Gasteiger partial charge in [-0.05, 0) is 42.6 Å². The van der Waals surface area contributed by atoms with Gasteiger partial charge in [-0.3, -0.25) is 4.79 Å². The van der Waals surface area contributed by atoms with Crippen LogP contribution in [-0.2, 0) is 4.79 Å². The molecule has 4 aromatic rings. The summed E-state index contributed by atoms with van der Waals surface area (Å²) in [7, 11) is 0. The van der Waals surface area contributed by atoms with Gasteiger partial charge in [-0.15, -0.1) is 10.2 Å². The first-order chi connectivity index (χ1) is 14.0. The minimum atomic E-state index is -0.457. The number of carbonyl (C=O) groups excluding carboxylic acids is 1. The molecule has 1 amide bonds. The minimum Gasteiger partial charge on any atom is -0.335 e. The van der Waals surface area contributed by atoms with Crippen LogP contribution in [0.3, 0.4) is 0 Å². The van der Waals surface area contributed by atoms with E-state index in [9.17, 15) is 9.18 Å². The second-order valence-electron chi connectivity index (χ2n) is 6.46. The molecule has 6 nitrogen and oxygen atoms in total. The maximum atomic E-state index is 13.1. The summed E-state index contributed by atoms with van der Waals surface area (Å²) in [5.41, 5.74) is 1.39. The van der Waals surface area contributed by atoms with E-state index < -0.39 is 5.25 Å². The number of benzene rings is 3. The van der Waals surface area contributed by atoms with E-state index >= 15 is 0 Å². The number of nitrogen functional groups attached to an aromatic ring is 1. The third-order valence-corrected chi connectivity index (χ3v) is 5.52. The molecule has 0 radical (unpaired) electrons. The summed E-state index contributed by atoms with van der Waals surface area (Å²) in [4.78, 5) is 12.7. The molecule has 0 saturated heterocycles. The second kappa shape index (κ2) is 7.92. The van der Waals surface area contributed by atoms with E-state index in [0.29, 0.717) is 16.5 Å². The Morgan fingerprint density at radius 1 is 1.07 bits per heavy atom. The van der Waals surface area contributed by atoms with Crippen molar-refractivity contribution in [1.82, 2.24) is 14.9 Å². The smallest absolute Gasteiger partial charge is 0.237 e. The monoisotopic (exact) mass is 407 g/mol. The molecule has 3 N–H and O–H groups in total. The fourth-order valence-electron chi connectivity index (χ4n) is 2.93. The van der Waals surface area contributed by atoms with E-state index in [1.165, 1.54) is 28.6 Å². The molecule has 0 aliphatic carbocycles. The lowest BCUT2D eigenvalue weighted by atomic mass is 10.1. The molecule has 4 rings (SSSR count). The van der Waals surface area contributed by atoms with Crippen molar-refractivity contribution in [3.8, 4) is 11.4 Å². The van der Waals surface area contributed by atoms with Gasteiger partial charge in [0.25, 0.3) is 0 Å². The zero-order chi connectivity index (χ0) is 20.4. The molecule has 8 heteroatoms. The van der Waals surface area contributed by atoms with Crippen molar-refractivity contribution in [2.24, 2.45) is 0 Å². The number of halogens is 1. The van der Waals surface area contributed by atoms with Crippen molar-refractivity contribution >= 4 is 34.1 Å². The third-order valence-electron chi connectivity index (χ3n) is 4.47. The summed E-state index contributed by atoms with van der Waals surface area (Å²) in [6.45, 7) is 1.78. The van der Waals surface area contributed by atoms with Crippen LogP contribution in [0.2, 0.25) is 0 Å². The maximum Gasteiger partial charge on any atom is 0.237 e. The largest absolute Gasteiger partial charge is 0.335 e. The van der Waals surface area contributed by atoms with Crippen molar-refractivity contribution in [1.29, 1.82) is 0 Å². The number of carbonyl (C=O) groups is 1. The van der Waals surface area contributed by atoms with Gasteiger partial charge in [-0.2, -0.15) is 0 Å². The van der Waals surface area contributed by atoms with E-state index in [-0.39, 0.29) is 11.7 Å². The van der Waals surface area contributed by atoms with Crippen LogP contribution in [-0.4, -0.2) is 26.0 Å². The predicted octanol–water partition coefficient (Wildman–Crippen LogP) is 4.07. The molecular weight excluding hydrogens is 389 g/mol. The van der Waals surface area contributed by atoms with Gasteiger partial charge in [-0.1, -0.05) is 48.2 Å². The van der Waals surface area contributed by atoms with E-state index in [2.05, 4.69) is 15.5 Å². The van der Waals surface area contributed by atoms with Crippen molar-refractivity contribution in [2.75, 3.05) is 11.2 Å². The van der Waals surface area contributed by atoms with Gasteiger partial charge in [0.05, 0.1) is 5.25 Å².